The molecular formula is C12H24N4O4S2. The fourth-order valence-electron chi connectivity index (χ4n) is 1.58. The highest BCUT2D eigenvalue weighted by Crippen LogP contribution is 1.95. The Hall–Kier alpha value is -0.970. The quantitative estimate of drug-likeness (QED) is 0.179. The molecule has 128 valence electrons. The van der Waals surface area contributed by atoms with E-state index >= 15 is 0 Å². The summed E-state index contributed by atoms with van der Waals surface area (Å²) in [6.45, 7) is 1.25. The van der Waals surface area contributed by atoms with E-state index in [0.717, 1.165) is 0 Å². The van der Waals surface area contributed by atoms with Crippen molar-refractivity contribution in [2.75, 3.05) is 25.1 Å². The molecule has 0 bridgehead atoms. The van der Waals surface area contributed by atoms with Gasteiger partial charge < -0.3 is 21.1 Å². The standard InChI is InChI=1S/C12H24N4O4S2/c1-7(17)15-12(20)9(6-22)14-5-10(18)16-8(3-4-21)11(19)13-2/h7-9,14,17,21-22H,3-6H2,1-2H3,(H,13,19)(H,15,20)(H,16,18). The molecule has 10 heteroatoms. The van der Waals surface area contributed by atoms with Gasteiger partial charge >= 0.3 is 0 Å². The summed E-state index contributed by atoms with van der Waals surface area (Å²) < 4.78 is 0. The van der Waals surface area contributed by atoms with Crippen LogP contribution in [0, 0.1) is 0 Å². The molecule has 0 aliphatic carbocycles. The first-order chi connectivity index (χ1) is 10.3. The molecule has 22 heavy (non-hydrogen) atoms. The van der Waals surface area contributed by atoms with E-state index in [9.17, 15) is 14.4 Å². The third-order valence-electron chi connectivity index (χ3n) is 2.68. The van der Waals surface area contributed by atoms with Crippen molar-refractivity contribution in [2.24, 2.45) is 0 Å². The van der Waals surface area contributed by atoms with Crippen molar-refractivity contribution in [3.05, 3.63) is 0 Å². The van der Waals surface area contributed by atoms with Crippen LogP contribution in [0.15, 0.2) is 0 Å². The fraction of sp³-hybridized carbons (Fsp3) is 0.750. The SMILES string of the molecule is CNC(=O)C(CCS)NC(=O)CNC(CS)C(=O)NC(C)O. The minimum absolute atomic E-state index is 0.154. The van der Waals surface area contributed by atoms with Crippen molar-refractivity contribution in [3.63, 3.8) is 0 Å². The van der Waals surface area contributed by atoms with E-state index in [0.29, 0.717) is 12.2 Å². The molecule has 3 unspecified atom stereocenters. The number of carbonyl (C=O) groups is 3. The lowest BCUT2D eigenvalue weighted by molar-refractivity contribution is -0.129. The first kappa shape index (κ1) is 21.0. The molecule has 0 radical (unpaired) electrons. The van der Waals surface area contributed by atoms with Crippen LogP contribution in [0.5, 0.6) is 0 Å². The molecule has 0 aromatic carbocycles. The smallest absolute Gasteiger partial charge is 0.242 e. The lowest BCUT2D eigenvalue weighted by Gasteiger charge is -2.19. The van der Waals surface area contributed by atoms with Crippen LogP contribution in [0.4, 0.5) is 0 Å². The van der Waals surface area contributed by atoms with Crippen molar-refractivity contribution in [1.82, 2.24) is 21.3 Å². The van der Waals surface area contributed by atoms with E-state index in [4.69, 9.17) is 5.11 Å². The van der Waals surface area contributed by atoms with E-state index in [1.54, 1.807) is 0 Å². The number of carbonyl (C=O) groups excluding carboxylic acids is 3. The van der Waals surface area contributed by atoms with Crippen LogP contribution < -0.4 is 21.3 Å². The third kappa shape index (κ3) is 8.47. The molecule has 0 saturated heterocycles. The van der Waals surface area contributed by atoms with Gasteiger partial charge in [-0.25, -0.2) is 0 Å². The van der Waals surface area contributed by atoms with Gasteiger partial charge in [-0.3, -0.25) is 19.7 Å². The molecule has 8 nitrogen and oxygen atoms in total. The van der Waals surface area contributed by atoms with Crippen molar-refractivity contribution >= 4 is 43.0 Å². The van der Waals surface area contributed by atoms with Crippen LogP contribution in [0.2, 0.25) is 0 Å². The maximum atomic E-state index is 11.8. The normalized spacial score (nSPS) is 14.6. The van der Waals surface area contributed by atoms with Crippen LogP contribution in [0.3, 0.4) is 0 Å². The van der Waals surface area contributed by atoms with Gasteiger partial charge in [0.2, 0.25) is 17.7 Å². The highest BCUT2D eigenvalue weighted by atomic mass is 32.1. The molecule has 0 aliphatic rings. The second-order valence-electron chi connectivity index (χ2n) is 4.55. The number of aliphatic hydroxyl groups excluding tert-OH is 1. The average Bonchev–Trinajstić information content (AvgIpc) is 2.45. The lowest BCUT2D eigenvalue weighted by atomic mass is 10.2. The Morgan fingerprint density at radius 3 is 2.18 bits per heavy atom. The van der Waals surface area contributed by atoms with Crippen LogP contribution in [-0.2, 0) is 14.4 Å². The largest absolute Gasteiger partial charge is 0.374 e. The minimum atomic E-state index is -0.987. The fourth-order valence-corrected chi connectivity index (χ4v) is 2.13. The second-order valence-corrected chi connectivity index (χ2v) is 5.36. The molecule has 0 aromatic heterocycles. The third-order valence-corrected chi connectivity index (χ3v) is 3.30. The van der Waals surface area contributed by atoms with Crippen molar-refractivity contribution in [2.45, 2.75) is 31.7 Å². The van der Waals surface area contributed by atoms with Gasteiger partial charge in [0.05, 0.1) is 12.6 Å². The Bertz CT molecular complexity index is 382. The summed E-state index contributed by atoms with van der Waals surface area (Å²) in [5.41, 5.74) is 0. The van der Waals surface area contributed by atoms with E-state index in [1.807, 2.05) is 0 Å². The molecule has 0 aliphatic heterocycles. The van der Waals surface area contributed by atoms with E-state index in [1.165, 1.54) is 14.0 Å². The molecule has 0 aromatic rings. The summed E-state index contributed by atoms with van der Waals surface area (Å²) in [6, 6.07) is -1.40. The molecule has 0 spiro atoms. The maximum Gasteiger partial charge on any atom is 0.242 e. The van der Waals surface area contributed by atoms with Gasteiger partial charge in [-0.1, -0.05) is 0 Å². The Labute approximate surface area is 141 Å². The number of thiol groups is 2. The highest BCUT2D eigenvalue weighted by molar-refractivity contribution is 7.80. The van der Waals surface area contributed by atoms with Crippen molar-refractivity contribution in [3.8, 4) is 0 Å². The number of likely N-dealkylation sites (N-methyl/N-ethyl adjacent to an activating group) is 1. The molecule has 3 atom stereocenters. The zero-order chi connectivity index (χ0) is 17.1. The van der Waals surface area contributed by atoms with E-state index in [2.05, 4.69) is 46.5 Å². The molecule has 5 N–H and O–H groups in total. The Balaban J connectivity index is 4.39. The monoisotopic (exact) mass is 352 g/mol. The predicted octanol–water partition coefficient (Wildman–Crippen LogP) is -2.12. The van der Waals surface area contributed by atoms with Gasteiger partial charge in [-0.2, -0.15) is 25.3 Å². The summed E-state index contributed by atoms with van der Waals surface area (Å²) >= 11 is 8.06. The molecule has 0 fully saturated rings. The summed E-state index contributed by atoms with van der Waals surface area (Å²) in [4.78, 5) is 35.1. The number of aliphatic hydroxyl groups is 1. The number of nitrogens with one attached hydrogen (secondary N) is 4. The molecule has 0 heterocycles. The van der Waals surface area contributed by atoms with Gasteiger partial charge in [0.15, 0.2) is 0 Å². The van der Waals surface area contributed by atoms with Crippen molar-refractivity contribution in [1.29, 1.82) is 0 Å². The summed E-state index contributed by atoms with van der Waals surface area (Å²) in [5.74, 6) is -0.591. The number of hydrogen-bond donors (Lipinski definition) is 7. The van der Waals surface area contributed by atoms with E-state index < -0.39 is 30.1 Å². The predicted molar refractivity (Wildman–Crippen MR) is 89.9 cm³/mol. The first-order valence-corrected chi connectivity index (χ1v) is 8.06. The van der Waals surface area contributed by atoms with Gasteiger partial charge in [0, 0.05) is 12.8 Å². The van der Waals surface area contributed by atoms with Crippen LogP contribution in [0.25, 0.3) is 0 Å². The number of amides is 3. The van der Waals surface area contributed by atoms with Crippen LogP contribution in [-0.4, -0.2) is 66.2 Å². The van der Waals surface area contributed by atoms with Crippen LogP contribution >= 0.6 is 25.3 Å². The van der Waals surface area contributed by atoms with Gasteiger partial charge in [-0.15, -0.1) is 0 Å². The lowest BCUT2D eigenvalue weighted by Crippen LogP contribution is -2.53. The van der Waals surface area contributed by atoms with Crippen LogP contribution in [0.1, 0.15) is 13.3 Å². The first-order valence-electron chi connectivity index (χ1n) is 6.80. The zero-order valence-electron chi connectivity index (χ0n) is 12.6. The summed E-state index contributed by atoms with van der Waals surface area (Å²) in [5, 5.41) is 19.1. The van der Waals surface area contributed by atoms with Gasteiger partial charge in [0.25, 0.3) is 0 Å². The Kier molecular flexibility index (Phi) is 11.1. The Morgan fingerprint density at radius 1 is 1.09 bits per heavy atom. The number of hydrogen-bond acceptors (Lipinski definition) is 7. The number of rotatable bonds is 10. The molecule has 0 rings (SSSR count). The van der Waals surface area contributed by atoms with E-state index in [-0.39, 0.29) is 18.2 Å². The minimum Gasteiger partial charge on any atom is -0.374 e. The molecule has 0 saturated carbocycles. The van der Waals surface area contributed by atoms with Gasteiger partial charge in [0.1, 0.15) is 12.3 Å². The van der Waals surface area contributed by atoms with Crippen molar-refractivity contribution < 1.29 is 19.5 Å². The zero-order valence-corrected chi connectivity index (χ0v) is 14.4. The summed E-state index contributed by atoms with van der Waals surface area (Å²) in [6.07, 6.45) is -0.592. The second kappa shape index (κ2) is 11.6. The molecule has 3 amide bonds. The summed E-state index contributed by atoms with van der Waals surface area (Å²) in [7, 11) is 1.48. The van der Waals surface area contributed by atoms with Gasteiger partial charge in [-0.05, 0) is 19.1 Å². The highest BCUT2D eigenvalue weighted by Gasteiger charge is 2.21. The average molecular weight is 352 g/mol. The maximum absolute atomic E-state index is 11.8. The topological polar surface area (TPSA) is 120 Å². The molecular weight excluding hydrogens is 328 g/mol. The Morgan fingerprint density at radius 2 is 1.73 bits per heavy atom.